The molecule has 1 aliphatic heterocycles. The molecule has 1 saturated heterocycles. The highest BCUT2D eigenvalue weighted by molar-refractivity contribution is 5.37. The van der Waals surface area contributed by atoms with Gasteiger partial charge in [0, 0.05) is 25.2 Å². The van der Waals surface area contributed by atoms with Crippen LogP contribution in [0.4, 0.5) is 4.39 Å². The fourth-order valence-corrected chi connectivity index (χ4v) is 3.28. The van der Waals surface area contributed by atoms with Crippen LogP contribution in [0.25, 0.3) is 0 Å². The minimum Gasteiger partial charge on any atom is -0.315 e. The van der Waals surface area contributed by atoms with Crippen molar-refractivity contribution in [3.05, 3.63) is 71.0 Å². The first-order valence-corrected chi connectivity index (χ1v) is 8.02. The molecule has 3 rings (SSSR count). The second-order valence-electron chi connectivity index (χ2n) is 5.92. The number of aryl methyl sites for hydroxylation is 1. The molecule has 0 aromatic heterocycles. The summed E-state index contributed by atoms with van der Waals surface area (Å²) in [6.07, 6.45) is 1.09. The Labute approximate surface area is 132 Å². The molecule has 2 aromatic rings. The molecule has 0 amide bonds. The number of rotatable bonds is 3. The summed E-state index contributed by atoms with van der Waals surface area (Å²) in [6.45, 7) is 6.03. The molecule has 1 N–H and O–H groups in total. The normalized spacial score (nSPS) is 17.9. The van der Waals surface area contributed by atoms with Gasteiger partial charge < -0.3 is 5.32 Å². The molecule has 0 bridgehead atoms. The topological polar surface area (TPSA) is 15.3 Å². The molecule has 2 aromatic carbocycles. The van der Waals surface area contributed by atoms with Crippen LogP contribution >= 0.6 is 0 Å². The highest BCUT2D eigenvalue weighted by Gasteiger charge is 2.26. The first kappa shape index (κ1) is 15.2. The van der Waals surface area contributed by atoms with Gasteiger partial charge in [0.15, 0.2) is 0 Å². The van der Waals surface area contributed by atoms with Gasteiger partial charge in [0.1, 0.15) is 5.82 Å². The van der Waals surface area contributed by atoms with Crippen molar-refractivity contribution >= 4 is 0 Å². The van der Waals surface area contributed by atoms with Gasteiger partial charge in [0.25, 0.3) is 0 Å². The molecule has 3 heteroatoms. The molecule has 0 radical (unpaired) electrons. The van der Waals surface area contributed by atoms with E-state index in [9.17, 15) is 4.39 Å². The molecular formula is C19H23FN2. The van der Waals surface area contributed by atoms with E-state index in [0.717, 1.165) is 38.2 Å². The summed E-state index contributed by atoms with van der Waals surface area (Å²) >= 11 is 0. The molecule has 116 valence electrons. The van der Waals surface area contributed by atoms with E-state index in [1.165, 1.54) is 11.1 Å². The van der Waals surface area contributed by atoms with Crippen molar-refractivity contribution in [3.8, 4) is 0 Å². The first-order chi connectivity index (χ1) is 10.8. The third-order valence-electron chi connectivity index (χ3n) is 4.42. The quantitative estimate of drug-likeness (QED) is 0.932. The Balaban J connectivity index is 2.06. The minimum atomic E-state index is -0.118. The second-order valence-corrected chi connectivity index (χ2v) is 5.92. The molecule has 1 fully saturated rings. The van der Waals surface area contributed by atoms with Crippen LogP contribution in [0.2, 0.25) is 0 Å². The Hall–Kier alpha value is -1.71. The molecule has 0 saturated carbocycles. The van der Waals surface area contributed by atoms with Crippen molar-refractivity contribution in [2.24, 2.45) is 0 Å². The molecule has 1 aliphatic rings. The molecule has 1 atom stereocenters. The zero-order chi connectivity index (χ0) is 15.4. The van der Waals surface area contributed by atoms with E-state index >= 15 is 0 Å². The maximum absolute atomic E-state index is 14.5. The third kappa shape index (κ3) is 3.21. The lowest BCUT2D eigenvalue weighted by Gasteiger charge is -2.32. The number of hydrogen-bond acceptors (Lipinski definition) is 2. The van der Waals surface area contributed by atoms with Gasteiger partial charge in [0.05, 0.1) is 6.04 Å². The monoisotopic (exact) mass is 298 g/mol. The van der Waals surface area contributed by atoms with Crippen LogP contribution in [0.5, 0.6) is 0 Å². The van der Waals surface area contributed by atoms with Crippen molar-refractivity contribution in [2.45, 2.75) is 19.4 Å². The van der Waals surface area contributed by atoms with Crippen molar-refractivity contribution in [1.82, 2.24) is 10.2 Å². The summed E-state index contributed by atoms with van der Waals surface area (Å²) in [5, 5.41) is 3.43. The lowest BCUT2D eigenvalue weighted by molar-refractivity contribution is 0.236. The van der Waals surface area contributed by atoms with E-state index in [1.54, 1.807) is 12.1 Å². The van der Waals surface area contributed by atoms with Gasteiger partial charge >= 0.3 is 0 Å². The predicted molar refractivity (Wildman–Crippen MR) is 88.5 cm³/mol. The van der Waals surface area contributed by atoms with E-state index in [4.69, 9.17) is 0 Å². The van der Waals surface area contributed by atoms with Crippen LogP contribution in [0.1, 0.15) is 29.2 Å². The molecule has 0 spiro atoms. The maximum Gasteiger partial charge on any atom is 0.128 e. The predicted octanol–water partition coefficient (Wildman–Crippen LogP) is 3.52. The largest absolute Gasteiger partial charge is 0.315 e. The van der Waals surface area contributed by atoms with Crippen molar-refractivity contribution in [2.75, 3.05) is 26.2 Å². The average molecular weight is 298 g/mol. The van der Waals surface area contributed by atoms with Crippen LogP contribution in [0, 0.1) is 12.7 Å². The lowest BCUT2D eigenvalue weighted by Crippen LogP contribution is -2.33. The van der Waals surface area contributed by atoms with Gasteiger partial charge in [-0.2, -0.15) is 0 Å². The smallest absolute Gasteiger partial charge is 0.128 e. The molecule has 1 unspecified atom stereocenters. The van der Waals surface area contributed by atoms with Gasteiger partial charge in [-0.3, -0.25) is 4.90 Å². The fraction of sp³-hybridized carbons (Fsp3) is 0.368. The number of hydrogen-bond donors (Lipinski definition) is 1. The number of benzene rings is 2. The number of nitrogens with zero attached hydrogens (tertiary/aromatic N) is 1. The maximum atomic E-state index is 14.5. The summed E-state index contributed by atoms with van der Waals surface area (Å²) in [6, 6.07) is 15.5. The van der Waals surface area contributed by atoms with E-state index < -0.39 is 0 Å². The van der Waals surface area contributed by atoms with Crippen LogP contribution in [-0.2, 0) is 0 Å². The summed E-state index contributed by atoms with van der Waals surface area (Å²) in [5.41, 5.74) is 3.20. The summed E-state index contributed by atoms with van der Waals surface area (Å²) in [4.78, 5) is 2.40. The van der Waals surface area contributed by atoms with Crippen molar-refractivity contribution < 1.29 is 4.39 Å². The van der Waals surface area contributed by atoms with Gasteiger partial charge in [-0.1, -0.05) is 42.5 Å². The Morgan fingerprint density at radius 3 is 2.45 bits per heavy atom. The standard InChI is InChI=1S/C19H23FN2/c1-15-7-2-3-8-16(15)19(17-9-4-5-10-18(17)20)22-13-6-11-21-12-14-22/h2-5,7-10,19,21H,6,11-14H2,1H3. The Kier molecular flexibility index (Phi) is 4.86. The fourth-order valence-electron chi connectivity index (χ4n) is 3.28. The van der Waals surface area contributed by atoms with E-state index in [2.05, 4.69) is 29.3 Å². The summed E-state index contributed by atoms with van der Waals surface area (Å²) < 4.78 is 14.5. The Morgan fingerprint density at radius 2 is 1.68 bits per heavy atom. The van der Waals surface area contributed by atoms with Crippen molar-refractivity contribution in [1.29, 1.82) is 0 Å². The summed E-state index contributed by atoms with van der Waals surface area (Å²) in [7, 11) is 0. The first-order valence-electron chi connectivity index (χ1n) is 8.02. The zero-order valence-electron chi connectivity index (χ0n) is 13.1. The van der Waals surface area contributed by atoms with E-state index in [0.29, 0.717) is 0 Å². The Bertz CT molecular complexity index is 573. The Morgan fingerprint density at radius 1 is 0.955 bits per heavy atom. The highest BCUT2D eigenvalue weighted by Crippen LogP contribution is 2.32. The van der Waals surface area contributed by atoms with Crippen LogP contribution < -0.4 is 5.32 Å². The lowest BCUT2D eigenvalue weighted by atomic mass is 9.93. The second kappa shape index (κ2) is 7.03. The highest BCUT2D eigenvalue weighted by atomic mass is 19.1. The van der Waals surface area contributed by atoms with Crippen LogP contribution in [0.3, 0.4) is 0 Å². The summed E-state index contributed by atoms with van der Waals surface area (Å²) in [5.74, 6) is -0.118. The van der Waals surface area contributed by atoms with Crippen LogP contribution in [0.15, 0.2) is 48.5 Å². The number of nitrogens with one attached hydrogen (secondary N) is 1. The average Bonchev–Trinajstić information content (AvgIpc) is 2.80. The molecule has 0 aliphatic carbocycles. The molecule has 1 heterocycles. The van der Waals surface area contributed by atoms with Gasteiger partial charge in [-0.05, 0) is 37.1 Å². The minimum absolute atomic E-state index is 0.0118. The van der Waals surface area contributed by atoms with E-state index in [1.807, 2.05) is 24.3 Å². The molecule has 2 nitrogen and oxygen atoms in total. The van der Waals surface area contributed by atoms with Crippen LogP contribution in [-0.4, -0.2) is 31.1 Å². The third-order valence-corrected chi connectivity index (χ3v) is 4.42. The molecular weight excluding hydrogens is 275 g/mol. The SMILES string of the molecule is Cc1ccccc1C(c1ccccc1F)N1CCCNCC1. The van der Waals surface area contributed by atoms with E-state index in [-0.39, 0.29) is 11.9 Å². The van der Waals surface area contributed by atoms with Gasteiger partial charge in [-0.15, -0.1) is 0 Å². The van der Waals surface area contributed by atoms with Crippen molar-refractivity contribution in [3.63, 3.8) is 0 Å². The number of halogens is 1. The zero-order valence-corrected chi connectivity index (χ0v) is 13.1. The van der Waals surface area contributed by atoms with Gasteiger partial charge in [0.2, 0.25) is 0 Å². The molecule has 22 heavy (non-hydrogen) atoms. The van der Waals surface area contributed by atoms with Gasteiger partial charge in [-0.25, -0.2) is 4.39 Å².